The number of benzene rings is 2. The molecular weight excluding hydrogens is 401 g/mol. The van der Waals surface area contributed by atoms with E-state index < -0.39 is 5.91 Å². The van der Waals surface area contributed by atoms with Crippen molar-refractivity contribution in [3.63, 3.8) is 0 Å². The lowest BCUT2D eigenvalue weighted by molar-refractivity contribution is -0.116. The highest BCUT2D eigenvalue weighted by Gasteiger charge is 2.19. The maximum atomic E-state index is 12.8. The Balaban J connectivity index is 2.33. The first-order valence-corrected chi connectivity index (χ1v) is 9.45. The Hall–Kier alpha value is -2.57. The standard InChI is InChI=1S/C20H21Cl2N3O3/c1-4-5-17(26)25-18-14(9-13(21)10-15(18)22)20(28)24-16-7-6-12(8-11(16)2)19(27)23-3/h6-10H,4-5H2,1-3H3,(H,23,27)(H,24,28)(H,25,26). The van der Waals surface area contributed by atoms with Gasteiger partial charge in [0.1, 0.15) is 0 Å². The highest BCUT2D eigenvalue weighted by atomic mass is 35.5. The SMILES string of the molecule is CCCC(=O)Nc1c(Cl)cc(Cl)cc1C(=O)Nc1ccc(C(=O)NC)cc1C. The maximum absolute atomic E-state index is 12.8. The summed E-state index contributed by atoms with van der Waals surface area (Å²) in [5, 5.41) is 8.44. The number of halogens is 2. The summed E-state index contributed by atoms with van der Waals surface area (Å²) < 4.78 is 0. The Kier molecular flexibility index (Phi) is 7.43. The van der Waals surface area contributed by atoms with Gasteiger partial charge in [-0.2, -0.15) is 0 Å². The largest absolute Gasteiger partial charge is 0.355 e. The molecule has 2 aromatic rings. The van der Waals surface area contributed by atoms with Gasteiger partial charge in [-0.1, -0.05) is 30.1 Å². The molecule has 2 aromatic carbocycles. The lowest BCUT2D eigenvalue weighted by Gasteiger charge is -2.15. The zero-order valence-electron chi connectivity index (χ0n) is 15.8. The smallest absolute Gasteiger partial charge is 0.257 e. The molecular formula is C20H21Cl2N3O3. The van der Waals surface area contributed by atoms with Crippen molar-refractivity contribution in [1.29, 1.82) is 0 Å². The molecule has 3 amide bonds. The molecule has 0 saturated carbocycles. The third-order valence-electron chi connectivity index (χ3n) is 4.00. The first-order valence-electron chi connectivity index (χ1n) is 8.69. The third-order valence-corrected chi connectivity index (χ3v) is 4.52. The molecule has 3 N–H and O–H groups in total. The summed E-state index contributed by atoms with van der Waals surface area (Å²) in [4.78, 5) is 36.6. The van der Waals surface area contributed by atoms with Crippen LogP contribution in [0.4, 0.5) is 11.4 Å². The summed E-state index contributed by atoms with van der Waals surface area (Å²) in [6.45, 7) is 3.65. The zero-order valence-corrected chi connectivity index (χ0v) is 17.3. The van der Waals surface area contributed by atoms with E-state index in [0.717, 1.165) is 0 Å². The molecule has 0 spiro atoms. The second-order valence-corrected chi connectivity index (χ2v) is 7.01. The van der Waals surface area contributed by atoms with Gasteiger partial charge in [-0.3, -0.25) is 14.4 Å². The Morgan fingerprint density at radius 1 is 1.00 bits per heavy atom. The fourth-order valence-corrected chi connectivity index (χ4v) is 3.13. The predicted molar refractivity (Wildman–Crippen MR) is 113 cm³/mol. The number of amides is 3. The molecule has 0 aliphatic carbocycles. The minimum Gasteiger partial charge on any atom is -0.355 e. The number of hydrogen-bond donors (Lipinski definition) is 3. The molecule has 0 aliphatic heterocycles. The Bertz CT molecular complexity index is 929. The van der Waals surface area contributed by atoms with Crippen molar-refractivity contribution in [3.8, 4) is 0 Å². The van der Waals surface area contributed by atoms with E-state index in [0.29, 0.717) is 29.7 Å². The van der Waals surface area contributed by atoms with Crippen molar-refractivity contribution < 1.29 is 14.4 Å². The fraction of sp³-hybridized carbons (Fsp3) is 0.250. The van der Waals surface area contributed by atoms with E-state index in [1.165, 1.54) is 12.1 Å². The second kappa shape index (κ2) is 9.57. The molecule has 0 atom stereocenters. The van der Waals surface area contributed by atoms with E-state index in [-0.39, 0.29) is 33.1 Å². The highest BCUT2D eigenvalue weighted by Crippen LogP contribution is 2.31. The average Bonchev–Trinajstić information content (AvgIpc) is 2.64. The van der Waals surface area contributed by atoms with Crippen LogP contribution < -0.4 is 16.0 Å². The molecule has 0 aliphatic rings. The Morgan fingerprint density at radius 2 is 1.71 bits per heavy atom. The molecule has 8 heteroatoms. The fourth-order valence-electron chi connectivity index (χ4n) is 2.59. The van der Waals surface area contributed by atoms with E-state index in [4.69, 9.17) is 23.2 Å². The third kappa shape index (κ3) is 5.24. The van der Waals surface area contributed by atoms with Crippen LogP contribution in [0.25, 0.3) is 0 Å². The van der Waals surface area contributed by atoms with Crippen LogP contribution in [-0.4, -0.2) is 24.8 Å². The van der Waals surface area contributed by atoms with E-state index in [2.05, 4.69) is 16.0 Å². The van der Waals surface area contributed by atoms with Gasteiger partial charge in [0.2, 0.25) is 5.91 Å². The van der Waals surface area contributed by atoms with Gasteiger partial charge in [0, 0.05) is 29.7 Å². The van der Waals surface area contributed by atoms with Gasteiger partial charge in [0.05, 0.1) is 16.3 Å². The summed E-state index contributed by atoms with van der Waals surface area (Å²) in [6.07, 6.45) is 0.968. The molecule has 0 bridgehead atoms. The number of hydrogen-bond acceptors (Lipinski definition) is 3. The number of carbonyl (C=O) groups excluding carboxylic acids is 3. The van der Waals surface area contributed by atoms with Gasteiger partial charge in [0.25, 0.3) is 11.8 Å². The summed E-state index contributed by atoms with van der Waals surface area (Å²) >= 11 is 12.3. The second-order valence-electron chi connectivity index (χ2n) is 6.17. The molecule has 6 nitrogen and oxygen atoms in total. The molecule has 0 unspecified atom stereocenters. The lowest BCUT2D eigenvalue weighted by Crippen LogP contribution is -2.20. The monoisotopic (exact) mass is 421 g/mol. The molecule has 0 aromatic heterocycles. The maximum Gasteiger partial charge on any atom is 0.257 e. The Morgan fingerprint density at radius 3 is 2.32 bits per heavy atom. The summed E-state index contributed by atoms with van der Waals surface area (Å²) in [5.41, 5.74) is 2.08. The molecule has 0 radical (unpaired) electrons. The summed E-state index contributed by atoms with van der Waals surface area (Å²) in [6, 6.07) is 7.82. The first kappa shape index (κ1) is 21.7. The lowest BCUT2D eigenvalue weighted by atomic mass is 10.1. The number of anilines is 2. The van der Waals surface area contributed by atoms with E-state index in [1.54, 1.807) is 32.2 Å². The number of carbonyl (C=O) groups is 3. The van der Waals surface area contributed by atoms with Gasteiger partial charge in [-0.25, -0.2) is 0 Å². The molecule has 28 heavy (non-hydrogen) atoms. The molecule has 0 saturated heterocycles. The van der Waals surface area contributed by atoms with Crippen molar-refractivity contribution in [2.45, 2.75) is 26.7 Å². The number of nitrogens with one attached hydrogen (secondary N) is 3. The average molecular weight is 422 g/mol. The van der Waals surface area contributed by atoms with Gasteiger partial charge < -0.3 is 16.0 Å². The van der Waals surface area contributed by atoms with Crippen LogP contribution in [-0.2, 0) is 4.79 Å². The highest BCUT2D eigenvalue weighted by molar-refractivity contribution is 6.38. The van der Waals surface area contributed by atoms with Crippen molar-refractivity contribution in [3.05, 3.63) is 57.1 Å². The van der Waals surface area contributed by atoms with Crippen LogP contribution in [0.5, 0.6) is 0 Å². The van der Waals surface area contributed by atoms with Gasteiger partial charge in [-0.15, -0.1) is 0 Å². The van der Waals surface area contributed by atoms with Crippen molar-refractivity contribution in [2.75, 3.05) is 17.7 Å². The van der Waals surface area contributed by atoms with Crippen molar-refractivity contribution >= 4 is 52.3 Å². The minimum absolute atomic E-state index is 0.150. The number of rotatable bonds is 6. The van der Waals surface area contributed by atoms with E-state index in [1.807, 2.05) is 6.92 Å². The quantitative estimate of drug-likeness (QED) is 0.633. The zero-order chi connectivity index (χ0) is 20.8. The van der Waals surface area contributed by atoms with Crippen LogP contribution in [0.15, 0.2) is 30.3 Å². The molecule has 0 fully saturated rings. The van der Waals surface area contributed by atoms with Gasteiger partial charge >= 0.3 is 0 Å². The minimum atomic E-state index is -0.480. The van der Waals surface area contributed by atoms with E-state index >= 15 is 0 Å². The van der Waals surface area contributed by atoms with Crippen LogP contribution in [0.1, 0.15) is 46.0 Å². The van der Waals surface area contributed by atoms with Crippen LogP contribution >= 0.6 is 23.2 Å². The molecule has 2 rings (SSSR count). The normalized spacial score (nSPS) is 10.3. The summed E-state index contributed by atoms with van der Waals surface area (Å²) in [7, 11) is 1.55. The van der Waals surface area contributed by atoms with Crippen molar-refractivity contribution in [2.24, 2.45) is 0 Å². The van der Waals surface area contributed by atoms with Gasteiger partial charge in [-0.05, 0) is 49.2 Å². The van der Waals surface area contributed by atoms with E-state index in [9.17, 15) is 14.4 Å². The van der Waals surface area contributed by atoms with Gasteiger partial charge in [0.15, 0.2) is 0 Å². The van der Waals surface area contributed by atoms with Crippen LogP contribution in [0.3, 0.4) is 0 Å². The topological polar surface area (TPSA) is 87.3 Å². The van der Waals surface area contributed by atoms with Crippen molar-refractivity contribution in [1.82, 2.24) is 5.32 Å². The molecule has 148 valence electrons. The predicted octanol–water partition coefficient (Wildman–Crippen LogP) is 4.65. The summed E-state index contributed by atoms with van der Waals surface area (Å²) in [5.74, 6) is -0.942. The molecule has 0 heterocycles. The van der Waals surface area contributed by atoms with Crippen LogP contribution in [0, 0.1) is 6.92 Å². The number of aryl methyl sites for hydroxylation is 1. The Labute approximate surface area is 173 Å². The first-order chi connectivity index (χ1) is 13.3. The van der Waals surface area contributed by atoms with Crippen LogP contribution in [0.2, 0.25) is 10.0 Å².